The van der Waals surface area contributed by atoms with Crippen molar-refractivity contribution in [2.45, 2.75) is 55.2 Å². The molecule has 5 rings (SSSR count). The number of nitrogens with zero attached hydrogens (tertiary/aromatic N) is 2. The molecule has 0 bridgehead atoms. The van der Waals surface area contributed by atoms with Crippen LogP contribution in [0.5, 0.6) is 0 Å². The monoisotopic (exact) mass is 471 g/mol. The zero-order valence-corrected chi connectivity index (χ0v) is 18.9. The first-order valence-corrected chi connectivity index (χ1v) is 11.8. The van der Waals surface area contributed by atoms with E-state index in [1.165, 1.54) is 0 Å². The number of amides is 1. The van der Waals surface area contributed by atoms with Crippen molar-refractivity contribution < 1.29 is 23.5 Å². The normalized spacial score (nSPS) is 26.8. The summed E-state index contributed by atoms with van der Waals surface area (Å²) in [6.45, 7) is 0.320. The highest BCUT2D eigenvalue weighted by molar-refractivity contribution is 6.22. The van der Waals surface area contributed by atoms with E-state index in [-0.39, 0.29) is 42.0 Å². The maximum absolute atomic E-state index is 13.6. The third-order valence-corrected chi connectivity index (χ3v) is 7.44. The Hall–Kier alpha value is -2.55. The van der Waals surface area contributed by atoms with E-state index in [0.717, 1.165) is 24.8 Å². The fraction of sp³-hybridized carbons (Fsp3) is 0.500. The van der Waals surface area contributed by atoms with Crippen LogP contribution in [0.3, 0.4) is 0 Å². The van der Waals surface area contributed by atoms with Gasteiger partial charge in [-0.25, -0.2) is 0 Å². The molecule has 1 amide bonds. The highest BCUT2D eigenvalue weighted by atomic mass is 35.5. The Morgan fingerprint density at radius 1 is 1.21 bits per heavy atom. The number of likely N-dealkylation sites (tertiary alicyclic amines) is 1. The van der Waals surface area contributed by atoms with Crippen molar-refractivity contribution in [1.29, 1.82) is 0 Å². The number of alkyl halides is 1. The average Bonchev–Trinajstić information content (AvgIpc) is 3.56. The minimum atomic E-state index is -0.814. The molecule has 0 radical (unpaired) electrons. The minimum absolute atomic E-state index is 0.0246. The number of aromatic nitrogens is 1. The fourth-order valence-electron chi connectivity index (χ4n) is 5.44. The number of ketones is 2. The Morgan fingerprint density at radius 2 is 2.03 bits per heavy atom. The number of rotatable bonds is 6. The lowest BCUT2D eigenvalue weighted by molar-refractivity contribution is -0.136. The molecule has 2 aromatic heterocycles. The van der Waals surface area contributed by atoms with E-state index >= 15 is 0 Å². The molecule has 174 valence electrons. The first kappa shape index (κ1) is 22.3. The maximum atomic E-state index is 13.6. The van der Waals surface area contributed by atoms with Gasteiger partial charge in [-0.2, -0.15) is 0 Å². The van der Waals surface area contributed by atoms with Gasteiger partial charge in [0.2, 0.25) is 0 Å². The number of carbonyl (C=O) groups excluding carboxylic acids is 3. The Morgan fingerprint density at radius 3 is 2.79 bits per heavy atom. The maximum Gasteiger partial charge on any atom is 0.287 e. The molecule has 3 aliphatic rings. The lowest BCUT2D eigenvalue weighted by Crippen LogP contribution is -2.61. The van der Waals surface area contributed by atoms with Gasteiger partial charge in [0.25, 0.3) is 5.91 Å². The topological polar surface area (TPSA) is 102 Å². The number of carbonyl (C=O) groups is 3. The van der Waals surface area contributed by atoms with Gasteiger partial charge in [-0.3, -0.25) is 24.3 Å². The van der Waals surface area contributed by atoms with E-state index < -0.39 is 17.5 Å². The predicted octanol–water partition coefficient (Wildman–Crippen LogP) is 2.60. The Bertz CT molecular complexity index is 1050. The van der Waals surface area contributed by atoms with Crippen molar-refractivity contribution in [3.63, 3.8) is 0 Å². The summed E-state index contributed by atoms with van der Waals surface area (Å²) in [6, 6.07) is 6.42. The van der Waals surface area contributed by atoms with E-state index in [9.17, 15) is 14.4 Å². The van der Waals surface area contributed by atoms with Gasteiger partial charge in [-0.15, -0.1) is 11.6 Å². The summed E-state index contributed by atoms with van der Waals surface area (Å²) in [6.07, 6.45) is 7.05. The summed E-state index contributed by atoms with van der Waals surface area (Å²) in [5.41, 5.74) is -0.0534. The summed E-state index contributed by atoms with van der Waals surface area (Å²) in [4.78, 5) is 44.9. The fourth-order valence-corrected chi connectivity index (χ4v) is 5.80. The molecule has 4 heterocycles. The Balaban J connectivity index is 1.30. The van der Waals surface area contributed by atoms with E-state index in [1.54, 1.807) is 30.6 Å². The highest BCUT2D eigenvalue weighted by Gasteiger charge is 2.58. The van der Waals surface area contributed by atoms with E-state index in [0.29, 0.717) is 25.1 Å². The van der Waals surface area contributed by atoms with E-state index in [1.807, 2.05) is 11.0 Å². The quantitative estimate of drug-likeness (QED) is 0.646. The molecule has 2 saturated heterocycles. The molecule has 1 aliphatic carbocycles. The minimum Gasteiger partial charge on any atom is -0.451 e. The third kappa shape index (κ3) is 4.00. The smallest absolute Gasteiger partial charge is 0.287 e. The zero-order valence-electron chi connectivity index (χ0n) is 18.2. The molecule has 3 atom stereocenters. The first-order chi connectivity index (χ1) is 16.0. The number of Topliss-reactive ketones (excluding diaryl/α,β-unsaturated/α-hetero) is 2. The van der Waals surface area contributed by atoms with Gasteiger partial charge in [-0.05, 0) is 37.1 Å². The lowest BCUT2D eigenvalue weighted by Gasteiger charge is -2.45. The van der Waals surface area contributed by atoms with Crippen LogP contribution in [0.2, 0.25) is 0 Å². The second-order valence-electron chi connectivity index (χ2n) is 8.96. The number of hydrogen-bond donors (Lipinski definition) is 1. The number of pyridine rings is 1. The molecular weight excluding hydrogens is 446 g/mol. The van der Waals surface area contributed by atoms with Crippen LogP contribution in [0.15, 0.2) is 41.1 Å². The molecule has 9 heteroatoms. The third-order valence-electron chi connectivity index (χ3n) is 7.06. The second-order valence-corrected chi connectivity index (χ2v) is 9.52. The lowest BCUT2D eigenvalue weighted by atomic mass is 9.76. The van der Waals surface area contributed by atoms with Gasteiger partial charge in [0.15, 0.2) is 17.3 Å². The number of hydrogen-bond acceptors (Lipinski definition) is 7. The van der Waals surface area contributed by atoms with E-state index in [4.69, 9.17) is 20.8 Å². The van der Waals surface area contributed by atoms with Crippen LogP contribution < -0.4 is 5.32 Å². The molecule has 3 fully saturated rings. The van der Waals surface area contributed by atoms with Crippen LogP contribution in [-0.2, 0) is 14.3 Å². The molecule has 0 aromatic carbocycles. The van der Waals surface area contributed by atoms with Crippen molar-refractivity contribution in [3.8, 4) is 11.3 Å². The van der Waals surface area contributed by atoms with Crippen molar-refractivity contribution in [2.24, 2.45) is 0 Å². The zero-order chi connectivity index (χ0) is 23.0. The number of fused-ring (bicyclic) bond motifs is 1. The second kappa shape index (κ2) is 9.00. The number of halogens is 1. The van der Waals surface area contributed by atoms with Gasteiger partial charge < -0.3 is 14.5 Å². The molecule has 1 N–H and O–H groups in total. The van der Waals surface area contributed by atoms with Crippen LogP contribution in [-0.4, -0.2) is 70.1 Å². The summed E-state index contributed by atoms with van der Waals surface area (Å²) in [5, 5.41) is 2.38. The largest absolute Gasteiger partial charge is 0.451 e. The van der Waals surface area contributed by atoms with Crippen molar-refractivity contribution in [3.05, 3.63) is 42.4 Å². The summed E-state index contributed by atoms with van der Waals surface area (Å²) >= 11 is 6.50. The molecule has 2 aromatic rings. The molecule has 1 saturated carbocycles. The standard InChI is InChI=1S/C24H26ClN3O5/c25-16-13-28(21-17(29)14-32-22(16)21)24(8-2-1-3-9-24)20(30)12-27-23(31)19-7-6-18(33-19)15-5-4-10-26-11-15/h4-7,10-11,16,21-22H,1-3,8-9,12-14H2,(H,27,31)/t16-,21+,22+/m0/s1. The van der Waals surface area contributed by atoms with Crippen LogP contribution >= 0.6 is 11.6 Å². The Labute approximate surface area is 196 Å². The van der Waals surface area contributed by atoms with Gasteiger partial charge >= 0.3 is 0 Å². The molecule has 2 aliphatic heterocycles. The van der Waals surface area contributed by atoms with Crippen LogP contribution in [0.4, 0.5) is 0 Å². The van der Waals surface area contributed by atoms with E-state index in [2.05, 4.69) is 10.3 Å². The first-order valence-electron chi connectivity index (χ1n) is 11.4. The van der Waals surface area contributed by atoms with Crippen molar-refractivity contribution >= 4 is 29.1 Å². The average molecular weight is 472 g/mol. The summed E-state index contributed by atoms with van der Waals surface area (Å²) in [5.74, 6) is 0.0709. The van der Waals surface area contributed by atoms with Crippen molar-refractivity contribution in [1.82, 2.24) is 15.2 Å². The molecule has 0 spiro atoms. The van der Waals surface area contributed by atoms with Crippen LogP contribution in [0.1, 0.15) is 42.7 Å². The van der Waals surface area contributed by atoms with Crippen molar-refractivity contribution in [2.75, 3.05) is 19.7 Å². The van der Waals surface area contributed by atoms with Gasteiger partial charge in [0, 0.05) is 24.5 Å². The summed E-state index contributed by atoms with van der Waals surface area (Å²) < 4.78 is 11.3. The molecule has 33 heavy (non-hydrogen) atoms. The van der Waals surface area contributed by atoms with Crippen LogP contribution in [0, 0.1) is 0 Å². The van der Waals surface area contributed by atoms with Gasteiger partial charge in [0.05, 0.1) is 23.6 Å². The molecular formula is C24H26ClN3O5. The van der Waals surface area contributed by atoms with Gasteiger partial charge in [0.1, 0.15) is 18.4 Å². The summed E-state index contributed by atoms with van der Waals surface area (Å²) in [7, 11) is 0. The predicted molar refractivity (Wildman–Crippen MR) is 120 cm³/mol. The molecule has 0 unspecified atom stereocenters. The van der Waals surface area contributed by atoms with Gasteiger partial charge in [-0.1, -0.05) is 19.3 Å². The number of nitrogens with one attached hydrogen (secondary N) is 1. The van der Waals surface area contributed by atoms with Crippen LogP contribution in [0.25, 0.3) is 11.3 Å². The number of furan rings is 1. The Kier molecular flexibility index (Phi) is 6.07. The number of ether oxygens (including phenoxy) is 1. The highest BCUT2D eigenvalue weighted by Crippen LogP contribution is 2.42. The SMILES string of the molecule is O=C(NCC(=O)C1(N2C[C@H](Cl)[C@H]3OCC(=O)[C@H]32)CCCCC1)c1ccc(-c2cccnc2)o1. The molecule has 8 nitrogen and oxygen atoms in total.